The van der Waals surface area contributed by atoms with Crippen LogP contribution in [-0.2, 0) is 0 Å². The molecule has 6 aromatic carbocycles. The van der Waals surface area contributed by atoms with E-state index in [1.54, 1.807) is 0 Å². The summed E-state index contributed by atoms with van der Waals surface area (Å²) in [6.45, 7) is 13.3. The van der Waals surface area contributed by atoms with Crippen LogP contribution in [0.3, 0.4) is 0 Å². The van der Waals surface area contributed by atoms with E-state index in [0.717, 1.165) is 65.9 Å². The Bertz CT molecular complexity index is 3560. The Labute approximate surface area is 359 Å². The summed E-state index contributed by atoms with van der Waals surface area (Å²) < 4.78 is 35.2. The van der Waals surface area contributed by atoms with Gasteiger partial charge >= 0.3 is 0 Å². The molecular weight excluding hydrogens is 823 g/mol. The van der Waals surface area contributed by atoms with Crippen LogP contribution in [0.4, 0.5) is 17.1 Å². The molecule has 60 heavy (non-hydrogen) atoms. The molecule has 1 aromatic heterocycles. The summed E-state index contributed by atoms with van der Waals surface area (Å²) in [6, 6.07) is 38.0. The van der Waals surface area contributed by atoms with Gasteiger partial charge in [0.1, 0.15) is 0 Å². The largest absolute Gasteiger partial charge is 0.304 e. The third-order valence-corrected chi connectivity index (χ3v) is 19.2. The van der Waals surface area contributed by atoms with Gasteiger partial charge in [0.2, 0.25) is 0 Å². The van der Waals surface area contributed by atoms with Crippen molar-refractivity contribution < 1.29 is 0 Å². The molecule has 7 aromatic rings. The molecule has 12 rings (SSSR count). The SMILES string of the molecule is C[Si]1(C)N=c2cccc(N(c3ccc(-c4ccc5c(c4)C4C=CC=CC4S5)c4c3=N[Si](C)(C)N=4)c3ccc(-c4ccc5sc6ccccc6c5c4)c4c3=N[Si](C)(C)N=4)c2=N1. The molecule has 0 amide bonds. The minimum absolute atomic E-state index is 0.380. The van der Waals surface area contributed by atoms with Crippen LogP contribution in [0.5, 0.6) is 0 Å². The van der Waals surface area contributed by atoms with E-state index in [1.807, 2.05) is 23.1 Å². The van der Waals surface area contributed by atoms with Crippen molar-refractivity contribution in [2.24, 2.45) is 27.9 Å². The standard InChI is InChI=1S/C48H41N7S2Si3/c1-58(2)49-36-14-11-15-37(46(36)52-58)55(38-22-20-30(44-47(38)53-59(3,4)50-44)28-18-24-42-34(26-28)32-12-7-9-16-40(32)56-42)39-23-21-31(45-48(39)54-60(5,6)51-45)29-19-25-43-35(27-29)33-13-8-10-17-41(33)57-43/h7-27,32,40H,1-6H3. The molecule has 0 N–H and O–H groups in total. The molecule has 0 bridgehead atoms. The second-order valence-electron chi connectivity index (χ2n) is 17.7. The van der Waals surface area contributed by atoms with Crippen molar-refractivity contribution in [2.75, 3.05) is 4.90 Å². The summed E-state index contributed by atoms with van der Waals surface area (Å²) in [6.07, 6.45) is 9.05. The van der Waals surface area contributed by atoms with Crippen LogP contribution in [0.25, 0.3) is 42.4 Å². The first kappa shape index (κ1) is 36.5. The smallest absolute Gasteiger partial charge is 0.298 e. The third-order valence-electron chi connectivity index (χ3n) is 12.0. The molecule has 2 atom stereocenters. The number of allylic oxidation sites excluding steroid dienone is 3. The first-order valence-electron chi connectivity index (χ1n) is 20.6. The lowest BCUT2D eigenvalue weighted by Gasteiger charge is -2.26. The van der Waals surface area contributed by atoms with Gasteiger partial charge in [0, 0.05) is 47.4 Å². The first-order valence-corrected chi connectivity index (χ1v) is 31.0. The predicted octanol–water partition coefficient (Wildman–Crippen LogP) is 9.41. The number of thiophene rings is 1. The Morgan fingerprint density at radius 3 is 1.85 bits per heavy atom. The van der Waals surface area contributed by atoms with Gasteiger partial charge in [-0.1, -0.05) is 72.8 Å². The van der Waals surface area contributed by atoms with Gasteiger partial charge < -0.3 is 4.90 Å². The van der Waals surface area contributed by atoms with Gasteiger partial charge in [-0.15, -0.1) is 23.1 Å². The Hall–Kier alpha value is -5.38. The lowest BCUT2D eigenvalue weighted by atomic mass is 9.90. The normalized spacial score (nSPS) is 20.2. The van der Waals surface area contributed by atoms with E-state index < -0.39 is 25.2 Å². The maximum Gasteiger partial charge on any atom is 0.298 e. The Balaban J connectivity index is 1.10. The molecule has 5 aliphatic rings. The van der Waals surface area contributed by atoms with E-state index in [4.69, 9.17) is 27.9 Å². The maximum absolute atomic E-state index is 5.55. The summed E-state index contributed by atoms with van der Waals surface area (Å²) in [7, 11) is -7.00. The Kier molecular flexibility index (Phi) is 7.79. The second-order valence-corrected chi connectivity index (χ2v) is 30.3. The maximum atomic E-state index is 5.55. The lowest BCUT2D eigenvalue weighted by molar-refractivity contribution is 0.881. The number of fused-ring (bicyclic) bond motifs is 9. The van der Waals surface area contributed by atoms with Crippen molar-refractivity contribution in [1.29, 1.82) is 0 Å². The highest BCUT2D eigenvalue weighted by atomic mass is 32.2. The van der Waals surface area contributed by atoms with Crippen LogP contribution in [-0.4, -0.2) is 30.4 Å². The van der Waals surface area contributed by atoms with Gasteiger partial charge in [0.15, 0.2) is 0 Å². The quantitative estimate of drug-likeness (QED) is 0.162. The first-order chi connectivity index (χ1) is 28.9. The predicted molar refractivity (Wildman–Crippen MR) is 255 cm³/mol. The fraction of sp³-hybridized carbons (Fsp3) is 0.167. The van der Waals surface area contributed by atoms with Crippen molar-refractivity contribution in [3.05, 3.63) is 165 Å². The number of thioether (sulfide) groups is 1. The van der Waals surface area contributed by atoms with Gasteiger partial charge in [0.05, 0.1) is 49.2 Å². The zero-order valence-corrected chi connectivity index (χ0v) is 38.9. The summed E-state index contributed by atoms with van der Waals surface area (Å²) in [5.74, 6) is 0.380. The Morgan fingerprint density at radius 2 is 1.10 bits per heavy atom. The summed E-state index contributed by atoms with van der Waals surface area (Å²) >= 11 is 3.81. The number of benzene rings is 6. The van der Waals surface area contributed by atoms with Crippen molar-refractivity contribution in [3.63, 3.8) is 0 Å². The number of hydrogen-bond acceptors (Lipinski definition) is 9. The number of anilines is 3. The molecule has 5 heterocycles. The van der Waals surface area contributed by atoms with Gasteiger partial charge in [-0.3, -0.25) is 27.9 Å². The minimum atomic E-state index is -2.39. The molecule has 2 unspecified atom stereocenters. The monoisotopic (exact) mass is 863 g/mol. The van der Waals surface area contributed by atoms with E-state index >= 15 is 0 Å². The summed E-state index contributed by atoms with van der Waals surface area (Å²) in [5, 5.41) is 8.67. The average molecular weight is 864 g/mol. The number of nitrogens with zero attached hydrogens (tertiary/aromatic N) is 7. The molecule has 0 radical (unpaired) electrons. The number of rotatable bonds is 5. The fourth-order valence-corrected chi connectivity index (χ4v) is 16.7. The van der Waals surface area contributed by atoms with Crippen molar-refractivity contribution >= 4 is 85.5 Å². The highest BCUT2D eigenvalue weighted by Gasteiger charge is 2.34. The molecule has 4 aliphatic heterocycles. The second kappa shape index (κ2) is 12.8. The molecule has 0 saturated heterocycles. The van der Waals surface area contributed by atoms with Crippen LogP contribution in [0.15, 0.2) is 160 Å². The van der Waals surface area contributed by atoms with Crippen LogP contribution in [0, 0.1) is 0 Å². The zero-order valence-electron chi connectivity index (χ0n) is 34.2. The molecule has 0 spiro atoms. The van der Waals surface area contributed by atoms with Crippen LogP contribution >= 0.6 is 23.1 Å². The van der Waals surface area contributed by atoms with E-state index in [9.17, 15) is 0 Å². The van der Waals surface area contributed by atoms with Crippen LogP contribution in [0.2, 0.25) is 39.3 Å². The molecule has 292 valence electrons. The molecule has 7 nitrogen and oxygen atoms in total. The summed E-state index contributed by atoms with van der Waals surface area (Å²) in [4.78, 5) is 3.72. The highest BCUT2D eigenvalue weighted by molar-refractivity contribution is 8.00. The van der Waals surface area contributed by atoms with Gasteiger partial charge in [-0.2, -0.15) is 0 Å². The van der Waals surface area contributed by atoms with Gasteiger partial charge in [-0.25, -0.2) is 0 Å². The van der Waals surface area contributed by atoms with Crippen molar-refractivity contribution in [3.8, 4) is 22.3 Å². The van der Waals surface area contributed by atoms with Crippen molar-refractivity contribution in [1.82, 2.24) is 0 Å². The van der Waals surface area contributed by atoms with Gasteiger partial charge in [0.25, 0.3) is 25.2 Å². The molecule has 1 aliphatic carbocycles. The zero-order chi connectivity index (χ0) is 40.7. The molecule has 12 heteroatoms. The topological polar surface area (TPSA) is 77.4 Å². The third kappa shape index (κ3) is 5.72. The number of hydrogen-bond donors (Lipinski definition) is 0. The molecule has 0 saturated carbocycles. The van der Waals surface area contributed by atoms with Crippen LogP contribution < -0.4 is 37.0 Å². The summed E-state index contributed by atoms with van der Waals surface area (Å²) in [5.41, 5.74) is 8.89. The van der Waals surface area contributed by atoms with E-state index in [-0.39, 0.29) is 0 Å². The fourth-order valence-electron chi connectivity index (χ4n) is 9.55. The lowest BCUT2D eigenvalue weighted by Crippen LogP contribution is -2.38. The molecule has 0 fully saturated rings. The minimum Gasteiger partial charge on any atom is -0.304 e. The van der Waals surface area contributed by atoms with Gasteiger partial charge in [-0.05, 0) is 111 Å². The molecular formula is C48H41N7S2Si3. The van der Waals surface area contributed by atoms with E-state index in [1.165, 1.54) is 36.2 Å². The van der Waals surface area contributed by atoms with Crippen LogP contribution in [0.1, 0.15) is 11.5 Å². The van der Waals surface area contributed by atoms with E-state index in [0.29, 0.717) is 11.2 Å². The average Bonchev–Trinajstić information content (AvgIpc) is 4.02. The Morgan fingerprint density at radius 1 is 0.500 bits per heavy atom. The highest BCUT2D eigenvalue weighted by Crippen LogP contribution is 2.49. The van der Waals surface area contributed by atoms with Crippen molar-refractivity contribution in [2.45, 2.75) is 55.3 Å². The van der Waals surface area contributed by atoms with E-state index in [2.05, 4.69) is 172 Å².